The Hall–Kier alpha value is -3.98. The summed E-state index contributed by atoms with van der Waals surface area (Å²) in [7, 11) is 3.28. The molecular weight excluding hydrogens is 432 g/mol. The third-order valence-corrected chi connectivity index (χ3v) is 5.91. The average molecular weight is 459 g/mol. The van der Waals surface area contributed by atoms with Crippen molar-refractivity contribution in [1.82, 2.24) is 19.9 Å². The van der Waals surface area contributed by atoms with E-state index in [4.69, 9.17) is 19.4 Å². The van der Waals surface area contributed by atoms with E-state index in [9.17, 15) is 4.79 Å². The minimum absolute atomic E-state index is 0.204. The Bertz CT molecular complexity index is 1370. The van der Waals surface area contributed by atoms with E-state index < -0.39 is 0 Å². The van der Waals surface area contributed by atoms with Gasteiger partial charge in [0.1, 0.15) is 11.6 Å². The highest BCUT2D eigenvalue weighted by atomic mass is 16.5. The summed E-state index contributed by atoms with van der Waals surface area (Å²) in [4.78, 5) is 32.3. The van der Waals surface area contributed by atoms with Gasteiger partial charge in [0, 0.05) is 56.7 Å². The molecule has 0 fully saturated rings. The summed E-state index contributed by atoms with van der Waals surface area (Å²) >= 11 is 0. The van der Waals surface area contributed by atoms with Gasteiger partial charge in [-0.1, -0.05) is 12.1 Å². The zero-order chi connectivity index (χ0) is 23.5. The van der Waals surface area contributed by atoms with Crippen LogP contribution < -0.4 is 20.5 Å². The maximum absolute atomic E-state index is 13.2. The number of benzene rings is 1. The second kappa shape index (κ2) is 9.48. The topological polar surface area (TPSA) is 105 Å². The number of pyridine rings is 2. The number of aromatic amines is 1. The van der Waals surface area contributed by atoms with Crippen molar-refractivity contribution in [2.75, 3.05) is 44.1 Å². The number of ether oxygens (including phenoxy) is 2. The molecule has 4 heterocycles. The Morgan fingerprint density at radius 2 is 2.06 bits per heavy atom. The molecule has 34 heavy (non-hydrogen) atoms. The third kappa shape index (κ3) is 4.29. The molecule has 2 N–H and O–H groups in total. The van der Waals surface area contributed by atoms with E-state index in [0.717, 1.165) is 23.5 Å². The molecule has 3 aromatic heterocycles. The Morgan fingerprint density at radius 1 is 1.15 bits per heavy atom. The van der Waals surface area contributed by atoms with Gasteiger partial charge in [-0.05, 0) is 29.8 Å². The first-order valence-corrected chi connectivity index (χ1v) is 11.2. The zero-order valence-electron chi connectivity index (χ0n) is 19.2. The first-order valence-electron chi connectivity index (χ1n) is 11.2. The highest BCUT2D eigenvalue weighted by Crippen LogP contribution is 2.30. The predicted octanol–water partition coefficient (Wildman–Crippen LogP) is 3.01. The smallest absolute Gasteiger partial charge is 0.260 e. The summed E-state index contributed by atoms with van der Waals surface area (Å²) in [6.07, 6.45) is 2.46. The van der Waals surface area contributed by atoms with E-state index in [2.05, 4.69) is 26.3 Å². The van der Waals surface area contributed by atoms with Gasteiger partial charge in [0.2, 0.25) is 5.95 Å². The molecule has 174 valence electrons. The largest absolute Gasteiger partial charge is 0.497 e. The summed E-state index contributed by atoms with van der Waals surface area (Å²) in [6.45, 7) is 2.65. The third-order valence-electron chi connectivity index (χ3n) is 5.91. The summed E-state index contributed by atoms with van der Waals surface area (Å²) < 4.78 is 10.6. The number of nitrogens with one attached hydrogen (secondary N) is 2. The predicted molar refractivity (Wildman–Crippen MR) is 132 cm³/mol. The van der Waals surface area contributed by atoms with Crippen LogP contribution in [0.2, 0.25) is 0 Å². The maximum atomic E-state index is 13.2. The number of nitrogens with zero attached hydrogens (tertiary/aromatic N) is 4. The number of anilines is 2. The molecule has 0 bridgehead atoms. The molecule has 0 atom stereocenters. The Labute approximate surface area is 196 Å². The van der Waals surface area contributed by atoms with Crippen LogP contribution in [0.15, 0.2) is 53.5 Å². The molecule has 0 saturated heterocycles. The number of methoxy groups -OCH3 is 2. The molecule has 0 unspecified atom stereocenters. The lowest BCUT2D eigenvalue weighted by Crippen LogP contribution is -2.33. The fourth-order valence-corrected chi connectivity index (χ4v) is 4.20. The number of hydrogen-bond acceptors (Lipinski definition) is 8. The van der Waals surface area contributed by atoms with Gasteiger partial charge in [-0.2, -0.15) is 0 Å². The van der Waals surface area contributed by atoms with Gasteiger partial charge in [-0.25, -0.2) is 9.97 Å². The van der Waals surface area contributed by atoms with Gasteiger partial charge in [0.05, 0.1) is 30.3 Å². The second-order valence-corrected chi connectivity index (χ2v) is 8.07. The number of hydrogen-bond donors (Lipinski definition) is 2. The van der Waals surface area contributed by atoms with Gasteiger partial charge in [-0.15, -0.1) is 0 Å². The number of fused-ring (bicyclic) bond motifs is 2. The van der Waals surface area contributed by atoms with Crippen LogP contribution in [0.1, 0.15) is 11.3 Å². The van der Waals surface area contributed by atoms with Crippen LogP contribution in [0.3, 0.4) is 0 Å². The van der Waals surface area contributed by atoms with E-state index in [1.807, 2.05) is 30.3 Å². The van der Waals surface area contributed by atoms with Crippen LogP contribution in [0, 0.1) is 0 Å². The Morgan fingerprint density at radius 3 is 2.85 bits per heavy atom. The van der Waals surface area contributed by atoms with Crippen molar-refractivity contribution < 1.29 is 9.47 Å². The average Bonchev–Trinajstić information content (AvgIpc) is 2.88. The van der Waals surface area contributed by atoms with Crippen molar-refractivity contribution in [2.24, 2.45) is 0 Å². The van der Waals surface area contributed by atoms with E-state index in [1.165, 1.54) is 0 Å². The monoisotopic (exact) mass is 458 g/mol. The lowest BCUT2D eigenvalue weighted by atomic mass is 10.0. The molecule has 5 rings (SSSR count). The highest BCUT2D eigenvalue weighted by molar-refractivity contribution is 5.94. The van der Waals surface area contributed by atoms with E-state index >= 15 is 0 Å². The fourth-order valence-electron chi connectivity index (χ4n) is 4.20. The summed E-state index contributed by atoms with van der Waals surface area (Å²) in [5, 5.41) is 3.76. The van der Waals surface area contributed by atoms with Crippen LogP contribution in [0.4, 0.5) is 11.8 Å². The normalized spacial score (nSPS) is 13.1. The van der Waals surface area contributed by atoms with E-state index in [-0.39, 0.29) is 5.56 Å². The van der Waals surface area contributed by atoms with Crippen molar-refractivity contribution in [3.8, 4) is 17.0 Å². The molecule has 1 aliphatic rings. The van der Waals surface area contributed by atoms with Crippen LogP contribution >= 0.6 is 0 Å². The van der Waals surface area contributed by atoms with Crippen LogP contribution in [-0.2, 0) is 17.7 Å². The minimum atomic E-state index is -0.204. The summed E-state index contributed by atoms with van der Waals surface area (Å²) in [5.74, 6) is 2.00. The number of rotatable bonds is 7. The van der Waals surface area contributed by atoms with Crippen molar-refractivity contribution in [3.63, 3.8) is 0 Å². The molecule has 0 saturated carbocycles. The Kier molecular flexibility index (Phi) is 6.09. The van der Waals surface area contributed by atoms with Gasteiger partial charge in [0.25, 0.3) is 5.56 Å². The molecular formula is C25H26N6O3. The van der Waals surface area contributed by atoms with Gasteiger partial charge >= 0.3 is 0 Å². The van der Waals surface area contributed by atoms with Crippen LogP contribution in [-0.4, -0.2) is 53.9 Å². The number of H-pyrrole nitrogens is 1. The van der Waals surface area contributed by atoms with Crippen LogP contribution in [0.5, 0.6) is 5.75 Å². The van der Waals surface area contributed by atoms with Gasteiger partial charge in [0.15, 0.2) is 0 Å². The van der Waals surface area contributed by atoms with E-state index in [0.29, 0.717) is 60.1 Å². The molecule has 9 nitrogen and oxygen atoms in total. The van der Waals surface area contributed by atoms with Crippen LogP contribution in [0.25, 0.3) is 22.2 Å². The quantitative estimate of drug-likeness (QED) is 0.407. The zero-order valence-corrected chi connectivity index (χ0v) is 19.2. The molecule has 1 aromatic carbocycles. The van der Waals surface area contributed by atoms with Crippen molar-refractivity contribution in [1.29, 1.82) is 0 Å². The maximum Gasteiger partial charge on any atom is 0.260 e. The van der Waals surface area contributed by atoms with E-state index in [1.54, 1.807) is 26.5 Å². The lowest BCUT2D eigenvalue weighted by Gasteiger charge is -2.29. The first-order chi connectivity index (χ1) is 16.7. The lowest BCUT2D eigenvalue weighted by molar-refractivity contribution is 0.210. The molecule has 0 aliphatic carbocycles. The molecule has 0 radical (unpaired) electrons. The second-order valence-electron chi connectivity index (χ2n) is 8.07. The Balaban J connectivity index is 1.48. The molecule has 1 aliphatic heterocycles. The van der Waals surface area contributed by atoms with Crippen molar-refractivity contribution in [2.45, 2.75) is 13.0 Å². The van der Waals surface area contributed by atoms with Crippen molar-refractivity contribution in [3.05, 3.63) is 70.3 Å². The highest BCUT2D eigenvalue weighted by Gasteiger charge is 2.21. The standard InChI is InChI=1S/C25H26N6O3/c1-33-12-10-27-22-7-6-16-15-31(11-8-19(16)28-22)25-29-21-14-17(34-2)13-18(23(21)24(32)30-25)20-5-3-4-9-26-20/h3-7,9,13-14H,8,10-12,15H2,1-2H3,(H,27,28)(H,29,30,32). The van der Waals surface area contributed by atoms with Crippen molar-refractivity contribution >= 4 is 22.7 Å². The summed E-state index contributed by atoms with van der Waals surface area (Å²) in [6, 6.07) is 13.3. The molecule has 0 spiro atoms. The summed E-state index contributed by atoms with van der Waals surface area (Å²) in [5.41, 5.74) is 3.92. The number of aromatic nitrogens is 4. The fraction of sp³-hybridized carbons (Fsp3) is 0.280. The van der Waals surface area contributed by atoms with Gasteiger partial charge in [-0.3, -0.25) is 14.8 Å². The first kappa shape index (κ1) is 21.8. The minimum Gasteiger partial charge on any atom is -0.497 e. The SMILES string of the molecule is COCCNc1ccc2c(n1)CCN(c1nc3cc(OC)cc(-c4ccccn4)c3c(=O)[nH]1)C2. The molecule has 0 amide bonds. The molecule has 4 aromatic rings. The van der Waals surface area contributed by atoms with Gasteiger partial charge < -0.3 is 19.7 Å². The molecule has 9 heteroatoms.